The maximum atomic E-state index is 14.5. The van der Waals surface area contributed by atoms with Crippen molar-refractivity contribution in [3.8, 4) is 0 Å². The quantitative estimate of drug-likeness (QED) is 0.493. The zero-order valence-corrected chi connectivity index (χ0v) is 15.6. The first-order chi connectivity index (χ1) is 12.1. The summed E-state index contributed by atoms with van der Waals surface area (Å²) in [6.07, 6.45) is 1.21. The van der Waals surface area contributed by atoms with Crippen molar-refractivity contribution in [3.05, 3.63) is 29.3 Å². The van der Waals surface area contributed by atoms with Crippen LogP contribution < -0.4 is 10.8 Å². The molecule has 1 aromatic rings. The first-order valence-corrected chi connectivity index (χ1v) is 8.96. The van der Waals surface area contributed by atoms with Gasteiger partial charge < -0.3 is 14.6 Å². The number of amides is 1. The van der Waals surface area contributed by atoms with Crippen molar-refractivity contribution in [1.82, 2.24) is 5.32 Å². The molecule has 0 saturated carbocycles. The molecule has 2 aliphatic heterocycles. The largest absolute Gasteiger partial charge is 0.500 e. The summed E-state index contributed by atoms with van der Waals surface area (Å²) >= 11 is 1.21. The molecular weight excluding hydrogens is 363 g/mol. The maximum absolute atomic E-state index is 14.5. The molecule has 6 nitrogen and oxygen atoms in total. The summed E-state index contributed by atoms with van der Waals surface area (Å²) in [6.45, 7) is 7.23. The Balaban J connectivity index is 1.80. The highest BCUT2D eigenvalue weighted by Crippen LogP contribution is 2.36. The third-order valence-corrected chi connectivity index (χ3v) is 5.40. The Labute approximate surface area is 154 Å². The van der Waals surface area contributed by atoms with Gasteiger partial charge in [-0.1, -0.05) is 11.8 Å². The number of benzene rings is 1. The van der Waals surface area contributed by atoms with Gasteiger partial charge in [0.05, 0.1) is 28.6 Å². The van der Waals surface area contributed by atoms with E-state index in [0.29, 0.717) is 5.17 Å². The third kappa shape index (κ3) is 3.67. The lowest BCUT2D eigenvalue weighted by Gasteiger charge is -2.32. The lowest BCUT2D eigenvalue weighted by Crippen LogP contribution is -2.41. The van der Waals surface area contributed by atoms with Crippen LogP contribution in [-0.4, -0.2) is 41.4 Å². The molecule has 0 atom stereocenters. The minimum absolute atomic E-state index is 0.159. The van der Waals surface area contributed by atoms with Crippen molar-refractivity contribution in [2.45, 2.75) is 38.9 Å². The molecule has 2 fully saturated rings. The Hall–Kier alpha value is -1.78. The van der Waals surface area contributed by atoms with E-state index in [0.717, 1.165) is 12.1 Å². The summed E-state index contributed by atoms with van der Waals surface area (Å²) in [7, 11) is -1.13. The number of hydrogen-bond acceptors (Lipinski definition) is 6. The van der Waals surface area contributed by atoms with E-state index in [1.807, 2.05) is 27.7 Å². The number of hydrogen-bond donors (Lipinski definition) is 1. The Morgan fingerprint density at radius 1 is 1.19 bits per heavy atom. The van der Waals surface area contributed by atoms with Crippen LogP contribution in [0.15, 0.2) is 22.3 Å². The standard InChI is InChI=1S/C16H18BF2N3O3S/c1-15(2)16(3,4)25-17(24-15)13-10(18)5-9(6-11(13)19)7-20-22-14-21-12(23)8-26-14/h5-7H,8H2,1-4H3,(H,21,22,23). The van der Waals surface area contributed by atoms with Crippen LogP contribution in [0.1, 0.15) is 33.3 Å². The molecule has 1 N–H and O–H groups in total. The molecule has 0 radical (unpaired) electrons. The van der Waals surface area contributed by atoms with Crippen LogP contribution in [0, 0.1) is 11.6 Å². The van der Waals surface area contributed by atoms with E-state index in [-0.39, 0.29) is 22.7 Å². The molecule has 138 valence electrons. The van der Waals surface area contributed by atoms with Gasteiger partial charge in [0.2, 0.25) is 5.91 Å². The van der Waals surface area contributed by atoms with Crippen LogP contribution in [0.4, 0.5) is 8.78 Å². The number of thioether (sulfide) groups is 1. The van der Waals surface area contributed by atoms with Crippen LogP contribution in [-0.2, 0) is 14.1 Å². The third-order valence-electron chi connectivity index (χ3n) is 4.53. The van der Waals surface area contributed by atoms with E-state index in [9.17, 15) is 13.6 Å². The highest BCUT2D eigenvalue weighted by atomic mass is 32.2. The van der Waals surface area contributed by atoms with E-state index < -0.39 is 30.0 Å². The fraction of sp³-hybridized carbons (Fsp3) is 0.438. The van der Waals surface area contributed by atoms with Gasteiger partial charge in [-0.25, -0.2) is 8.78 Å². The van der Waals surface area contributed by atoms with Crippen molar-refractivity contribution >= 4 is 41.6 Å². The van der Waals surface area contributed by atoms with E-state index in [2.05, 4.69) is 15.5 Å². The molecule has 0 spiro atoms. The van der Waals surface area contributed by atoms with Crippen LogP contribution in [0.2, 0.25) is 0 Å². The van der Waals surface area contributed by atoms with Gasteiger partial charge in [-0.15, -0.1) is 5.10 Å². The van der Waals surface area contributed by atoms with Crippen LogP contribution in [0.25, 0.3) is 0 Å². The number of carbonyl (C=O) groups excluding carboxylic acids is 1. The second-order valence-electron chi connectivity index (χ2n) is 6.97. The van der Waals surface area contributed by atoms with Crippen molar-refractivity contribution in [2.75, 3.05) is 5.75 Å². The highest BCUT2D eigenvalue weighted by Gasteiger charge is 2.53. The second kappa shape index (κ2) is 6.75. The van der Waals surface area contributed by atoms with Gasteiger partial charge in [-0.3, -0.25) is 4.79 Å². The highest BCUT2D eigenvalue weighted by molar-refractivity contribution is 8.15. The minimum Gasteiger partial charge on any atom is -0.399 e. The Kier molecular flexibility index (Phi) is 4.93. The number of amidine groups is 1. The number of carbonyl (C=O) groups is 1. The molecule has 0 bridgehead atoms. The maximum Gasteiger partial charge on any atom is 0.500 e. The van der Waals surface area contributed by atoms with Gasteiger partial charge >= 0.3 is 7.12 Å². The topological polar surface area (TPSA) is 72.3 Å². The van der Waals surface area contributed by atoms with Gasteiger partial charge in [0.15, 0.2) is 5.17 Å². The normalized spacial score (nSPS) is 23.2. The van der Waals surface area contributed by atoms with Crippen LogP contribution in [0.3, 0.4) is 0 Å². The van der Waals surface area contributed by atoms with Gasteiger partial charge in [0.25, 0.3) is 0 Å². The first-order valence-electron chi connectivity index (χ1n) is 7.97. The minimum atomic E-state index is -1.13. The van der Waals surface area contributed by atoms with Gasteiger partial charge in [-0.2, -0.15) is 5.10 Å². The van der Waals surface area contributed by atoms with Crippen molar-refractivity contribution in [3.63, 3.8) is 0 Å². The van der Waals surface area contributed by atoms with Gasteiger partial charge in [-0.05, 0) is 39.8 Å². The van der Waals surface area contributed by atoms with Gasteiger partial charge in [0.1, 0.15) is 11.6 Å². The fourth-order valence-corrected chi connectivity index (χ4v) is 3.02. The number of halogens is 2. The molecule has 2 heterocycles. The molecule has 2 saturated heterocycles. The monoisotopic (exact) mass is 381 g/mol. The summed E-state index contributed by atoms with van der Waals surface area (Å²) in [6, 6.07) is 2.26. The van der Waals surface area contributed by atoms with E-state index >= 15 is 0 Å². The van der Waals surface area contributed by atoms with Crippen molar-refractivity contribution < 1.29 is 22.9 Å². The molecule has 0 unspecified atom stereocenters. The van der Waals surface area contributed by atoms with Gasteiger partial charge in [0, 0.05) is 5.56 Å². The molecular formula is C16H18BF2N3O3S. The van der Waals surface area contributed by atoms with E-state index in [1.54, 1.807) is 0 Å². The van der Waals surface area contributed by atoms with E-state index in [4.69, 9.17) is 9.31 Å². The first kappa shape index (κ1) is 19.0. The number of nitrogens with one attached hydrogen (secondary N) is 1. The molecule has 2 aliphatic rings. The SMILES string of the molecule is CC1(C)OB(c2c(F)cc(C=NN=C3NC(=O)CS3)cc2F)OC1(C)C. The summed E-state index contributed by atoms with van der Waals surface area (Å²) in [5.74, 6) is -1.46. The lowest BCUT2D eigenvalue weighted by atomic mass is 9.77. The second-order valence-corrected chi connectivity index (χ2v) is 7.94. The molecule has 1 aromatic carbocycles. The zero-order chi connectivity index (χ0) is 19.1. The predicted molar refractivity (Wildman–Crippen MR) is 97.7 cm³/mol. The average molecular weight is 381 g/mol. The smallest absolute Gasteiger partial charge is 0.399 e. The predicted octanol–water partition coefficient (Wildman–Crippen LogP) is 1.82. The number of rotatable bonds is 3. The molecule has 0 aliphatic carbocycles. The summed E-state index contributed by atoms with van der Waals surface area (Å²) < 4.78 is 40.4. The Morgan fingerprint density at radius 2 is 1.77 bits per heavy atom. The zero-order valence-electron chi connectivity index (χ0n) is 14.8. The van der Waals surface area contributed by atoms with Crippen LogP contribution in [0.5, 0.6) is 0 Å². The van der Waals surface area contributed by atoms with Crippen molar-refractivity contribution in [2.24, 2.45) is 10.2 Å². The molecule has 10 heteroatoms. The summed E-state index contributed by atoms with van der Waals surface area (Å²) in [4.78, 5) is 11.0. The average Bonchev–Trinajstić information content (AvgIpc) is 2.99. The summed E-state index contributed by atoms with van der Waals surface area (Å²) in [5, 5.41) is 10.4. The van der Waals surface area contributed by atoms with Crippen molar-refractivity contribution in [1.29, 1.82) is 0 Å². The Morgan fingerprint density at radius 3 is 2.27 bits per heavy atom. The molecule has 1 amide bonds. The number of nitrogens with zero attached hydrogens (tertiary/aromatic N) is 2. The summed E-state index contributed by atoms with van der Waals surface area (Å²) in [5.41, 5.74) is -1.48. The van der Waals surface area contributed by atoms with Crippen LogP contribution >= 0.6 is 11.8 Å². The fourth-order valence-electron chi connectivity index (χ4n) is 2.39. The lowest BCUT2D eigenvalue weighted by molar-refractivity contribution is -0.116. The molecule has 26 heavy (non-hydrogen) atoms. The Bertz CT molecular complexity index is 775. The molecule has 0 aromatic heterocycles. The van der Waals surface area contributed by atoms with E-state index in [1.165, 1.54) is 18.0 Å². The molecule has 3 rings (SSSR count).